The molecule has 0 aliphatic heterocycles. The summed E-state index contributed by atoms with van der Waals surface area (Å²) < 4.78 is 0. The van der Waals surface area contributed by atoms with Crippen LogP contribution in [0.4, 0.5) is 0 Å². The van der Waals surface area contributed by atoms with Crippen LogP contribution in [0.3, 0.4) is 0 Å². The van der Waals surface area contributed by atoms with E-state index in [0.29, 0.717) is 5.02 Å². The van der Waals surface area contributed by atoms with E-state index in [-0.39, 0.29) is 23.3 Å². The van der Waals surface area contributed by atoms with E-state index >= 15 is 0 Å². The lowest BCUT2D eigenvalue weighted by Crippen LogP contribution is -2.27. The summed E-state index contributed by atoms with van der Waals surface area (Å²) in [4.78, 5) is 14.6. The van der Waals surface area contributed by atoms with Gasteiger partial charge in [0.15, 0.2) is 0 Å². The van der Waals surface area contributed by atoms with Crippen LogP contribution in [0.2, 0.25) is 5.02 Å². The molecule has 0 bridgehead atoms. The molecule has 1 aromatic heterocycles. The Morgan fingerprint density at radius 1 is 1.35 bits per heavy atom. The minimum atomic E-state index is -0.290. The summed E-state index contributed by atoms with van der Waals surface area (Å²) in [5, 5.41) is 12.7. The summed E-state index contributed by atoms with van der Waals surface area (Å²) in [5.41, 5.74) is 1.39. The van der Waals surface area contributed by atoms with Gasteiger partial charge in [-0.15, -0.1) is 11.3 Å². The predicted octanol–water partition coefficient (Wildman–Crippen LogP) is 4.21. The SMILES string of the molecule is Cc1cc(C(C)NC(=O)c2cc(O)ccc2Cl)c(C)s1. The van der Waals surface area contributed by atoms with Gasteiger partial charge in [0.2, 0.25) is 0 Å². The first-order chi connectivity index (χ1) is 9.38. The third kappa shape index (κ3) is 3.14. The molecule has 0 saturated heterocycles. The second-order valence-corrected chi connectivity index (χ2v) is 6.60. The molecule has 1 atom stereocenters. The lowest BCUT2D eigenvalue weighted by molar-refractivity contribution is 0.0939. The fourth-order valence-corrected chi connectivity index (χ4v) is 3.35. The average molecular weight is 310 g/mol. The number of hydrogen-bond donors (Lipinski definition) is 2. The number of hydrogen-bond acceptors (Lipinski definition) is 3. The highest BCUT2D eigenvalue weighted by atomic mass is 35.5. The number of amides is 1. The van der Waals surface area contributed by atoms with Crippen molar-refractivity contribution < 1.29 is 9.90 Å². The maximum Gasteiger partial charge on any atom is 0.253 e. The number of benzene rings is 1. The molecule has 1 unspecified atom stereocenters. The highest BCUT2D eigenvalue weighted by molar-refractivity contribution is 7.12. The Morgan fingerprint density at radius 2 is 2.05 bits per heavy atom. The van der Waals surface area contributed by atoms with Crippen LogP contribution in [-0.4, -0.2) is 11.0 Å². The molecule has 2 aromatic rings. The van der Waals surface area contributed by atoms with Gasteiger partial charge in [0.05, 0.1) is 16.6 Å². The number of thiophene rings is 1. The first-order valence-corrected chi connectivity index (χ1v) is 7.44. The van der Waals surface area contributed by atoms with Crippen LogP contribution in [0, 0.1) is 13.8 Å². The van der Waals surface area contributed by atoms with Gasteiger partial charge in [-0.25, -0.2) is 0 Å². The van der Waals surface area contributed by atoms with E-state index in [1.54, 1.807) is 11.3 Å². The zero-order chi connectivity index (χ0) is 14.9. The molecule has 2 rings (SSSR count). The number of aromatic hydroxyl groups is 1. The fraction of sp³-hybridized carbons (Fsp3) is 0.267. The summed E-state index contributed by atoms with van der Waals surface area (Å²) >= 11 is 7.69. The molecule has 1 heterocycles. The minimum Gasteiger partial charge on any atom is -0.508 e. The van der Waals surface area contributed by atoms with E-state index in [1.165, 1.54) is 28.0 Å². The summed E-state index contributed by atoms with van der Waals surface area (Å²) in [7, 11) is 0. The number of rotatable bonds is 3. The van der Waals surface area contributed by atoms with Gasteiger partial charge < -0.3 is 10.4 Å². The van der Waals surface area contributed by atoms with Crippen molar-refractivity contribution in [1.82, 2.24) is 5.32 Å². The molecule has 1 aromatic carbocycles. The van der Waals surface area contributed by atoms with E-state index in [1.807, 2.05) is 20.8 Å². The Balaban J connectivity index is 2.19. The molecule has 106 valence electrons. The van der Waals surface area contributed by atoms with Gasteiger partial charge in [-0.1, -0.05) is 11.6 Å². The van der Waals surface area contributed by atoms with Crippen LogP contribution >= 0.6 is 22.9 Å². The Bertz CT molecular complexity index is 651. The highest BCUT2D eigenvalue weighted by Gasteiger charge is 2.17. The Labute approximate surface area is 127 Å². The number of carbonyl (C=O) groups is 1. The normalized spacial score (nSPS) is 12.2. The predicted molar refractivity (Wildman–Crippen MR) is 82.8 cm³/mol. The third-order valence-corrected chi connectivity index (χ3v) is 4.40. The smallest absolute Gasteiger partial charge is 0.253 e. The van der Waals surface area contributed by atoms with Gasteiger partial charge in [-0.3, -0.25) is 4.79 Å². The van der Waals surface area contributed by atoms with E-state index in [9.17, 15) is 9.90 Å². The standard InChI is InChI=1S/C15H16ClNO2S/c1-8-6-12(10(3)20-8)9(2)17-15(19)13-7-11(18)4-5-14(13)16/h4-7,9,18H,1-3H3,(H,17,19). The number of halogens is 1. The van der Waals surface area contributed by atoms with Gasteiger partial charge in [-0.2, -0.15) is 0 Å². The van der Waals surface area contributed by atoms with Gasteiger partial charge >= 0.3 is 0 Å². The molecule has 0 aliphatic carbocycles. The van der Waals surface area contributed by atoms with Gasteiger partial charge in [0, 0.05) is 9.75 Å². The van der Waals surface area contributed by atoms with Crippen molar-refractivity contribution in [1.29, 1.82) is 0 Å². The molecule has 0 aliphatic rings. The molecular formula is C15H16ClNO2S. The number of nitrogens with one attached hydrogen (secondary N) is 1. The number of phenols is 1. The fourth-order valence-electron chi connectivity index (χ4n) is 2.12. The van der Waals surface area contributed by atoms with Crippen molar-refractivity contribution in [3.63, 3.8) is 0 Å². The van der Waals surface area contributed by atoms with Crippen LogP contribution in [0.1, 0.15) is 38.6 Å². The summed E-state index contributed by atoms with van der Waals surface area (Å²) in [5.74, 6) is -0.267. The Morgan fingerprint density at radius 3 is 2.65 bits per heavy atom. The average Bonchev–Trinajstić information content (AvgIpc) is 2.71. The molecular weight excluding hydrogens is 294 g/mol. The molecule has 2 N–H and O–H groups in total. The topological polar surface area (TPSA) is 49.3 Å². The number of aryl methyl sites for hydroxylation is 2. The van der Waals surface area contributed by atoms with Crippen LogP contribution in [-0.2, 0) is 0 Å². The molecule has 3 nitrogen and oxygen atoms in total. The van der Waals surface area contributed by atoms with Crippen molar-refractivity contribution in [2.75, 3.05) is 0 Å². The molecule has 5 heteroatoms. The van der Waals surface area contributed by atoms with Gasteiger partial charge in [-0.05, 0) is 50.6 Å². The van der Waals surface area contributed by atoms with Crippen LogP contribution in [0.15, 0.2) is 24.3 Å². The molecule has 0 spiro atoms. The zero-order valence-electron chi connectivity index (χ0n) is 11.5. The van der Waals surface area contributed by atoms with Gasteiger partial charge in [0.1, 0.15) is 5.75 Å². The Kier molecular flexibility index (Phi) is 4.35. The first-order valence-electron chi connectivity index (χ1n) is 6.25. The quantitative estimate of drug-likeness (QED) is 0.892. The first kappa shape index (κ1) is 14.9. The maximum atomic E-state index is 12.2. The zero-order valence-corrected chi connectivity index (χ0v) is 13.1. The van der Waals surface area contributed by atoms with E-state index in [2.05, 4.69) is 11.4 Å². The maximum absolute atomic E-state index is 12.2. The van der Waals surface area contributed by atoms with Crippen LogP contribution < -0.4 is 5.32 Å². The number of phenolic OH excluding ortho intramolecular Hbond substituents is 1. The van der Waals surface area contributed by atoms with Crippen molar-refractivity contribution >= 4 is 28.8 Å². The lowest BCUT2D eigenvalue weighted by Gasteiger charge is -2.14. The van der Waals surface area contributed by atoms with Crippen molar-refractivity contribution in [2.45, 2.75) is 26.8 Å². The summed E-state index contributed by atoms with van der Waals surface area (Å²) in [6, 6.07) is 6.31. The molecule has 0 radical (unpaired) electrons. The molecule has 20 heavy (non-hydrogen) atoms. The van der Waals surface area contributed by atoms with E-state index in [0.717, 1.165) is 5.56 Å². The monoisotopic (exact) mass is 309 g/mol. The van der Waals surface area contributed by atoms with Crippen molar-refractivity contribution in [3.05, 3.63) is 50.2 Å². The summed E-state index contributed by atoms with van der Waals surface area (Å²) in [6.45, 7) is 6.02. The second-order valence-electron chi connectivity index (χ2n) is 4.73. The van der Waals surface area contributed by atoms with Gasteiger partial charge in [0.25, 0.3) is 5.91 Å². The van der Waals surface area contributed by atoms with E-state index < -0.39 is 0 Å². The molecule has 1 amide bonds. The molecule has 0 saturated carbocycles. The largest absolute Gasteiger partial charge is 0.508 e. The number of carbonyl (C=O) groups excluding carboxylic acids is 1. The third-order valence-electron chi connectivity index (χ3n) is 3.09. The molecule has 0 fully saturated rings. The lowest BCUT2D eigenvalue weighted by atomic mass is 10.1. The summed E-state index contributed by atoms with van der Waals surface area (Å²) in [6.07, 6.45) is 0. The van der Waals surface area contributed by atoms with E-state index in [4.69, 9.17) is 11.6 Å². The van der Waals surface area contributed by atoms with Crippen LogP contribution in [0.25, 0.3) is 0 Å². The van der Waals surface area contributed by atoms with Crippen molar-refractivity contribution in [3.8, 4) is 5.75 Å². The van der Waals surface area contributed by atoms with Crippen LogP contribution in [0.5, 0.6) is 5.75 Å². The van der Waals surface area contributed by atoms with Crippen molar-refractivity contribution in [2.24, 2.45) is 0 Å². The highest BCUT2D eigenvalue weighted by Crippen LogP contribution is 2.27. The minimum absolute atomic E-state index is 0.0229. The Hall–Kier alpha value is -1.52. The second kappa shape index (κ2) is 5.85.